The summed E-state index contributed by atoms with van der Waals surface area (Å²) in [7, 11) is 0. The highest BCUT2D eigenvalue weighted by Crippen LogP contribution is 2.37. The lowest BCUT2D eigenvalue weighted by Crippen LogP contribution is -2.19. The molecule has 36 heavy (non-hydrogen) atoms. The van der Waals surface area contributed by atoms with Crippen molar-refractivity contribution in [1.82, 2.24) is 15.4 Å². The van der Waals surface area contributed by atoms with E-state index in [1.807, 2.05) is 61.5 Å². The van der Waals surface area contributed by atoms with Crippen molar-refractivity contribution in [3.05, 3.63) is 100 Å². The van der Waals surface area contributed by atoms with E-state index in [0.717, 1.165) is 33.9 Å². The molecule has 186 valence electrons. The molecule has 0 radical (unpaired) electrons. The molecule has 0 aliphatic heterocycles. The highest BCUT2D eigenvalue weighted by molar-refractivity contribution is 6.33. The second kappa shape index (κ2) is 12.4. The van der Waals surface area contributed by atoms with E-state index in [4.69, 9.17) is 23.2 Å². The molecule has 10 heteroatoms. The van der Waals surface area contributed by atoms with E-state index in [-0.39, 0.29) is 0 Å². The standard InChI is InChI=1S/C18H13Cl2N3O.C8H8F3N/c19-13-7-5-12(6-8-13)15-9-18(23-22-11-24)21-10-16(15)14-3-1-2-4-17(14)20;1-2-6-3-4-7(12-5-6)8(9,10)11/h1-11H,(H,21,23)(H,22,24);3-5H,2H2,1H3. The largest absolute Gasteiger partial charge is 0.433 e. The number of hydrogen-bond acceptors (Lipinski definition) is 4. The summed E-state index contributed by atoms with van der Waals surface area (Å²) in [5, 5.41) is 1.30. The molecule has 0 bridgehead atoms. The Balaban J connectivity index is 0.000000253. The molecule has 0 aliphatic rings. The van der Waals surface area contributed by atoms with Crippen LogP contribution in [0.15, 0.2) is 79.1 Å². The van der Waals surface area contributed by atoms with Crippen LogP contribution in [-0.2, 0) is 17.4 Å². The molecule has 0 aliphatic carbocycles. The van der Waals surface area contributed by atoms with Crippen molar-refractivity contribution in [2.24, 2.45) is 0 Å². The summed E-state index contributed by atoms with van der Waals surface area (Å²) in [6, 6.07) is 19.4. The van der Waals surface area contributed by atoms with E-state index < -0.39 is 11.9 Å². The molecule has 0 saturated carbocycles. The molecule has 4 aromatic rings. The molecule has 0 spiro atoms. The van der Waals surface area contributed by atoms with Gasteiger partial charge in [-0.25, -0.2) is 4.98 Å². The van der Waals surface area contributed by atoms with Gasteiger partial charge in [-0.1, -0.05) is 66.5 Å². The Hall–Kier alpha value is -3.62. The number of hydrogen-bond donors (Lipinski definition) is 2. The maximum absolute atomic E-state index is 12.0. The number of benzene rings is 2. The maximum atomic E-state index is 12.0. The zero-order valence-electron chi connectivity index (χ0n) is 19.0. The van der Waals surface area contributed by atoms with Gasteiger partial charge in [-0.3, -0.25) is 20.6 Å². The second-order valence-corrected chi connectivity index (χ2v) is 8.24. The van der Waals surface area contributed by atoms with Gasteiger partial charge in [0.2, 0.25) is 6.41 Å². The van der Waals surface area contributed by atoms with Gasteiger partial charge in [0.15, 0.2) is 0 Å². The number of nitrogens with zero attached hydrogens (tertiary/aromatic N) is 2. The first kappa shape index (κ1) is 27.0. The SMILES string of the molecule is CCc1ccc(C(F)(F)F)nc1.O=CNNc1cc(-c2ccc(Cl)cc2)c(-c2ccccc2Cl)cn1. The number of amides is 1. The third-order valence-corrected chi connectivity index (χ3v) is 5.59. The molecule has 2 aromatic heterocycles. The van der Waals surface area contributed by atoms with Crippen LogP contribution in [0.1, 0.15) is 18.2 Å². The minimum atomic E-state index is -4.33. The lowest BCUT2D eigenvalue weighted by atomic mass is 9.96. The molecule has 0 unspecified atom stereocenters. The first-order valence-electron chi connectivity index (χ1n) is 10.7. The summed E-state index contributed by atoms with van der Waals surface area (Å²) in [6.45, 7) is 1.87. The van der Waals surface area contributed by atoms with Crippen molar-refractivity contribution in [3.8, 4) is 22.3 Å². The number of anilines is 1. The number of rotatable bonds is 6. The molecule has 4 rings (SSSR count). The van der Waals surface area contributed by atoms with Crippen molar-refractivity contribution >= 4 is 35.4 Å². The summed E-state index contributed by atoms with van der Waals surface area (Å²) in [5.74, 6) is 0.517. The van der Waals surface area contributed by atoms with Crippen molar-refractivity contribution < 1.29 is 18.0 Å². The number of hydrazine groups is 1. The second-order valence-electron chi connectivity index (χ2n) is 7.39. The van der Waals surface area contributed by atoms with E-state index in [1.165, 1.54) is 12.3 Å². The van der Waals surface area contributed by atoms with Gasteiger partial charge in [0.25, 0.3) is 0 Å². The summed E-state index contributed by atoms with van der Waals surface area (Å²) in [4.78, 5) is 18.1. The molecule has 2 heterocycles. The van der Waals surface area contributed by atoms with Gasteiger partial charge >= 0.3 is 6.18 Å². The molecule has 0 fully saturated rings. The van der Waals surface area contributed by atoms with E-state index in [0.29, 0.717) is 28.7 Å². The summed E-state index contributed by atoms with van der Waals surface area (Å²) in [6.07, 6.45) is -0.105. The van der Waals surface area contributed by atoms with E-state index in [9.17, 15) is 18.0 Å². The minimum Gasteiger partial charge on any atom is -0.282 e. The Bertz CT molecular complexity index is 1300. The van der Waals surface area contributed by atoms with Crippen LogP contribution in [0.3, 0.4) is 0 Å². The van der Waals surface area contributed by atoms with Gasteiger partial charge in [0.05, 0.1) is 0 Å². The number of carbonyl (C=O) groups is 1. The van der Waals surface area contributed by atoms with Crippen LogP contribution in [0.2, 0.25) is 10.0 Å². The number of nitrogens with one attached hydrogen (secondary N) is 2. The predicted molar refractivity (Wildman–Crippen MR) is 137 cm³/mol. The Morgan fingerprint density at radius 3 is 2.19 bits per heavy atom. The molecule has 0 atom stereocenters. The van der Waals surface area contributed by atoms with Gasteiger partial charge in [-0.05, 0) is 53.4 Å². The highest BCUT2D eigenvalue weighted by Gasteiger charge is 2.31. The molecule has 0 saturated heterocycles. The minimum absolute atomic E-state index is 0.517. The van der Waals surface area contributed by atoms with Crippen LogP contribution in [0, 0.1) is 0 Å². The normalized spacial score (nSPS) is 10.7. The number of alkyl halides is 3. The zero-order valence-corrected chi connectivity index (χ0v) is 20.5. The average Bonchev–Trinajstić information content (AvgIpc) is 2.88. The Morgan fingerprint density at radius 1 is 0.889 bits per heavy atom. The molecular weight excluding hydrogens is 512 g/mol. The summed E-state index contributed by atoms with van der Waals surface area (Å²) >= 11 is 12.3. The monoisotopic (exact) mass is 532 g/mol. The van der Waals surface area contributed by atoms with Gasteiger partial charge in [0.1, 0.15) is 11.5 Å². The third-order valence-electron chi connectivity index (χ3n) is 5.01. The lowest BCUT2D eigenvalue weighted by molar-refractivity contribution is -0.141. The van der Waals surface area contributed by atoms with Gasteiger partial charge < -0.3 is 0 Å². The van der Waals surface area contributed by atoms with Crippen molar-refractivity contribution in [3.63, 3.8) is 0 Å². The number of pyridine rings is 2. The van der Waals surface area contributed by atoms with E-state index in [2.05, 4.69) is 20.8 Å². The zero-order chi connectivity index (χ0) is 26.1. The number of aromatic nitrogens is 2. The average molecular weight is 533 g/mol. The van der Waals surface area contributed by atoms with Crippen molar-refractivity contribution in [2.75, 3.05) is 5.43 Å². The summed E-state index contributed by atoms with van der Waals surface area (Å²) in [5.41, 5.74) is 8.73. The van der Waals surface area contributed by atoms with E-state index >= 15 is 0 Å². The van der Waals surface area contributed by atoms with Crippen LogP contribution in [0.25, 0.3) is 22.3 Å². The van der Waals surface area contributed by atoms with Gasteiger partial charge in [-0.15, -0.1) is 0 Å². The molecule has 1 amide bonds. The summed E-state index contributed by atoms with van der Waals surface area (Å²) < 4.78 is 35.9. The van der Waals surface area contributed by atoms with E-state index in [1.54, 1.807) is 6.20 Å². The molecular formula is C26H21Cl2F3N4O. The quantitative estimate of drug-likeness (QED) is 0.200. The fraction of sp³-hybridized carbons (Fsp3) is 0.115. The van der Waals surface area contributed by atoms with Crippen LogP contribution >= 0.6 is 23.2 Å². The fourth-order valence-electron chi connectivity index (χ4n) is 3.19. The smallest absolute Gasteiger partial charge is 0.282 e. The highest BCUT2D eigenvalue weighted by atomic mass is 35.5. The van der Waals surface area contributed by atoms with Crippen LogP contribution < -0.4 is 10.9 Å². The topological polar surface area (TPSA) is 66.9 Å². The molecule has 2 aromatic carbocycles. The number of carbonyl (C=O) groups excluding carboxylic acids is 1. The predicted octanol–water partition coefficient (Wildman–Crippen LogP) is 7.46. The Kier molecular flexibility index (Phi) is 9.27. The molecule has 2 N–H and O–H groups in total. The van der Waals surface area contributed by atoms with Gasteiger partial charge in [-0.2, -0.15) is 13.2 Å². The van der Waals surface area contributed by atoms with Crippen molar-refractivity contribution in [1.29, 1.82) is 0 Å². The van der Waals surface area contributed by atoms with Gasteiger partial charge in [0, 0.05) is 33.6 Å². The Labute approximate surface area is 216 Å². The fourth-order valence-corrected chi connectivity index (χ4v) is 3.55. The van der Waals surface area contributed by atoms with Crippen LogP contribution in [0.5, 0.6) is 0 Å². The maximum Gasteiger partial charge on any atom is 0.433 e. The number of aryl methyl sites for hydroxylation is 1. The lowest BCUT2D eigenvalue weighted by Gasteiger charge is -2.13. The first-order chi connectivity index (χ1) is 17.2. The Morgan fingerprint density at radius 2 is 1.61 bits per heavy atom. The number of halogens is 5. The van der Waals surface area contributed by atoms with Crippen LogP contribution in [0.4, 0.5) is 19.0 Å². The first-order valence-corrected chi connectivity index (χ1v) is 11.5. The van der Waals surface area contributed by atoms with Crippen molar-refractivity contribution in [2.45, 2.75) is 19.5 Å². The van der Waals surface area contributed by atoms with Crippen LogP contribution in [-0.4, -0.2) is 16.4 Å². The third kappa shape index (κ3) is 7.19. The molecule has 5 nitrogen and oxygen atoms in total.